The van der Waals surface area contributed by atoms with E-state index >= 15 is 0 Å². The van der Waals surface area contributed by atoms with Crippen molar-refractivity contribution in [2.75, 3.05) is 18.9 Å². The lowest BCUT2D eigenvalue weighted by molar-refractivity contribution is -0.127. The third-order valence-electron chi connectivity index (χ3n) is 5.08. The quantitative estimate of drug-likeness (QED) is 0.908. The highest BCUT2D eigenvalue weighted by Crippen LogP contribution is 2.39. The summed E-state index contributed by atoms with van der Waals surface area (Å²) >= 11 is 0. The van der Waals surface area contributed by atoms with E-state index in [-0.39, 0.29) is 17.9 Å². The number of anilines is 1. The van der Waals surface area contributed by atoms with E-state index in [4.69, 9.17) is 0 Å². The number of aromatic nitrogens is 3. The molecule has 2 fully saturated rings. The van der Waals surface area contributed by atoms with Crippen LogP contribution in [0.15, 0.2) is 30.6 Å². The lowest BCUT2D eigenvalue weighted by Crippen LogP contribution is -2.26. The molecule has 3 heterocycles. The molecule has 130 valence electrons. The number of hydrogen-bond acceptors (Lipinski definition) is 5. The van der Waals surface area contributed by atoms with Gasteiger partial charge in [0.25, 0.3) is 0 Å². The van der Waals surface area contributed by atoms with E-state index in [1.807, 2.05) is 43.3 Å². The Morgan fingerprint density at radius 3 is 2.88 bits per heavy atom. The monoisotopic (exact) mass is 337 g/mol. The molecule has 0 aromatic carbocycles. The van der Waals surface area contributed by atoms with Crippen molar-refractivity contribution in [3.63, 3.8) is 0 Å². The Labute approximate surface area is 147 Å². The lowest BCUT2D eigenvalue weighted by atomic mass is 9.94. The van der Waals surface area contributed by atoms with E-state index in [1.54, 1.807) is 6.20 Å². The summed E-state index contributed by atoms with van der Waals surface area (Å²) in [5.74, 6) is 2.72. The van der Waals surface area contributed by atoms with Gasteiger partial charge in [0.2, 0.25) is 5.91 Å². The topological polar surface area (TPSA) is 71.0 Å². The Hall–Kier alpha value is -2.50. The third-order valence-corrected chi connectivity index (χ3v) is 5.08. The van der Waals surface area contributed by atoms with Crippen LogP contribution >= 0.6 is 0 Å². The number of carbonyl (C=O) groups is 1. The molecular formula is C19H23N5O. The number of rotatable bonds is 5. The number of carbonyl (C=O) groups excluding carboxylic acids is 1. The van der Waals surface area contributed by atoms with Gasteiger partial charge in [-0.2, -0.15) is 0 Å². The van der Waals surface area contributed by atoms with Gasteiger partial charge in [-0.05, 0) is 31.4 Å². The van der Waals surface area contributed by atoms with Crippen LogP contribution in [0.4, 0.5) is 5.82 Å². The molecule has 0 unspecified atom stereocenters. The third kappa shape index (κ3) is 3.34. The Morgan fingerprint density at radius 1 is 1.32 bits per heavy atom. The van der Waals surface area contributed by atoms with Crippen LogP contribution in [0.3, 0.4) is 0 Å². The Morgan fingerprint density at radius 2 is 2.16 bits per heavy atom. The summed E-state index contributed by atoms with van der Waals surface area (Å²) in [6, 6.07) is 6.00. The molecule has 0 spiro atoms. The molecule has 6 nitrogen and oxygen atoms in total. The maximum Gasteiger partial charge on any atom is 0.223 e. The van der Waals surface area contributed by atoms with Gasteiger partial charge in [0.15, 0.2) is 0 Å². The number of pyridine rings is 1. The van der Waals surface area contributed by atoms with Gasteiger partial charge in [0, 0.05) is 56.0 Å². The molecule has 0 bridgehead atoms. The summed E-state index contributed by atoms with van der Waals surface area (Å²) < 4.78 is 0. The van der Waals surface area contributed by atoms with Crippen molar-refractivity contribution in [3.05, 3.63) is 47.7 Å². The van der Waals surface area contributed by atoms with Crippen LogP contribution in [0.1, 0.15) is 48.3 Å². The maximum absolute atomic E-state index is 12.2. The van der Waals surface area contributed by atoms with Crippen LogP contribution in [0.5, 0.6) is 0 Å². The number of likely N-dealkylation sites (tertiary alicyclic amines) is 1. The molecule has 2 atom stereocenters. The van der Waals surface area contributed by atoms with Crippen LogP contribution in [-0.4, -0.2) is 39.4 Å². The average molecular weight is 337 g/mol. The highest BCUT2D eigenvalue weighted by molar-refractivity contribution is 5.79. The number of amides is 1. The van der Waals surface area contributed by atoms with Crippen LogP contribution in [0, 0.1) is 12.8 Å². The zero-order valence-electron chi connectivity index (χ0n) is 14.6. The van der Waals surface area contributed by atoms with E-state index in [9.17, 15) is 4.79 Å². The summed E-state index contributed by atoms with van der Waals surface area (Å²) in [6.45, 7) is 2.71. The smallest absolute Gasteiger partial charge is 0.223 e. The second-order valence-electron chi connectivity index (χ2n) is 7.11. The Kier molecular flexibility index (Phi) is 4.11. The minimum absolute atomic E-state index is 0.0551. The molecular weight excluding hydrogens is 314 g/mol. The molecule has 1 N–H and O–H groups in total. The Bertz CT molecular complexity index is 775. The largest absolute Gasteiger partial charge is 0.370 e. The van der Waals surface area contributed by atoms with Crippen LogP contribution in [0.25, 0.3) is 0 Å². The molecule has 1 saturated heterocycles. The van der Waals surface area contributed by atoms with Crippen molar-refractivity contribution in [2.45, 2.75) is 38.1 Å². The summed E-state index contributed by atoms with van der Waals surface area (Å²) in [5, 5.41) is 3.44. The number of nitrogens with zero attached hydrogens (tertiary/aromatic N) is 4. The fourth-order valence-corrected chi connectivity index (χ4v) is 3.62. The highest BCUT2D eigenvalue weighted by Gasteiger charge is 2.38. The molecule has 1 aliphatic heterocycles. The van der Waals surface area contributed by atoms with E-state index in [0.717, 1.165) is 22.9 Å². The van der Waals surface area contributed by atoms with Gasteiger partial charge in [-0.25, -0.2) is 9.97 Å². The number of aryl methyl sites for hydroxylation is 1. The molecule has 2 aromatic heterocycles. The van der Waals surface area contributed by atoms with Crippen molar-refractivity contribution in [1.82, 2.24) is 19.9 Å². The van der Waals surface area contributed by atoms with Crippen molar-refractivity contribution in [2.24, 2.45) is 5.92 Å². The van der Waals surface area contributed by atoms with Gasteiger partial charge >= 0.3 is 0 Å². The zero-order valence-corrected chi connectivity index (χ0v) is 14.6. The standard InChI is InChI=1S/C19H23N5O/c1-12-8-16(23-19(22-12)13-5-6-13)21-11-15-9-17(25)24(2)18(15)14-4-3-7-20-10-14/h3-4,7-8,10,13,15,18H,5-6,9,11H2,1-2H3,(H,21,22,23)/t15-,18-/m0/s1. The first kappa shape index (κ1) is 16.0. The van der Waals surface area contributed by atoms with Crippen molar-refractivity contribution in [3.8, 4) is 0 Å². The van der Waals surface area contributed by atoms with Crippen LogP contribution in [-0.2, 0) is 4.79 Å². The van der Waals surface area contributed by atoms with E-state index in [0.29, 0.717) is 18.9 Å². The van der Waals surface area contributed by atoms with Crippen molar-refractivity contribution < 1.29 is 4.79 Å². The molecule has 1 amide bonds. The molecule has 25 heavy (non-hydrogen) atoms. The molecule has 0 radical (unpaired) electrons. The predicted octanol–water partition coefficient (Wildman–Crippen LogP) is 2.69. The van der Waals surface area contributed by atoms with Gasteiger partial charge in [0.1, 0.15) is 11.6 Å². The average Bonchev–Trinajstić information content (AvgIpc) is 3.41. The summed E-state index contributed by atoms with van der Waals surface area (Å²) in [4.78, 5) is 27.5. The predicted molar refractivity (Wildman–Crippen MR) is 95.1 cm³/mol. The second kappa shape index (κ2) is 6.43. The summed E-state index contributed by atoms with van der Waals surface area (Å²) in [7, 11) is 1.88. The lowest BCUT2D eigenvalue weighted by Gasteiger charge is -2.25. The van der Waals surface area contributed by atoms with Gasteiger partial charge in [-0.15, -0.1) is 0 Å². The van der Waals surface area contributed by atoms with E-state index in [1.165, 1.54) is 12.8 Å². The molecule has 1 aliphatic carbocycles. The molecule has 1 saturated carbocycles. The first-order chi connectivity index (χ1) is 12.1. The molecule has 2 aliphatic rings. The second-order valence-corrected chi connectivity index (χ2v) is 7.11. The first-order valence-electron chi connectivity index (χ1n) is 8.87. The zero-order chi connectivity index (χ0) is 17.4. The fraction of sp³-hybridized carbons (Fsp3) is 0.474. The minimum atomic E-state index is 0.0551. The summed E-state index contributed by atoms with van der Waals surface area (Å²) in [6.07, 6.45) is 6.54. The number of nitrogens with one attached hydrogen (secondary N) is 1. The van der Waals surface area contributed by atoms with Crippen LogP contribution in [0.2, 0.25) is 0 Å². The van der Waals surface area contributed by atoms with E-state index < -0.39 is 0 Å². The van der Waals surface area contributed by atoms with Gasteiger partial charge < -0.3 is 10.2 Å². The van der Waals surface area contributed by atoms with Gasteiger partial charge in [0.05, 0.1) is 6.04 Å². The van der Waals surface area contributed by atoms with Crippen molar-refractivity contribution >= 4 is 11.7 Å². The molecule has 4 rings (SSSR count). The molecule has 6 heteroatoms. The van der Waals surface area contributed by atoms with Crippen molar-refractivity contribution in [1.29, 1.82) is 0 Å². The van der Waals surface area contributed by atoms with Gasteiger partial charge in [-0.1, -0.05) is 6.07 Å². The highest BCUT2D eigenvalue weighted by atomic mass is 16.2. The van der Waals surface area contributed by atoms with Gasteiger partial charge in [-0.3, -0.25) is 9.78 Å². The summed E-state index contributed by atoms with van der Waals surface area (Å²) in [5.41, 5.74) is 2.07. The van der Waals surface area contributed by atoms with E-state index in [2.05, 4.69) is 20.3 Å². The van der Waals surface area contributed by atoms with Crippen LogP contribution < -0.4 is 5.32 Å². The maximum atomic E-state index is 12.2. The molecule has 2 aromatic rings. The normalized spacial score (nSPS) is 23.1. The Balaban J connectivity index is 1.50. The SMILES string of the molecule is Cc1cc(NC[C@@H]2CC(=O)N(C)[C@H]2c2cccnc2)nc(C2CC2)n1. The number of hydrogen-bond donors (Lipinski definition) is 1. The minimum Gasteiger partial charge on any atom is -0.370 e. The fourth-order valence-electron chi connectivity index (χ4n) is 3.62. The first-order valence-corrected chi connectivity index (χ1v) is 8.87.